The maximum absolute atomic E-state index is 13.3. The van der Waals surface area contributed by atoms with Crippen molar-refractivity contribution in [2.24, 2.45) is 0 Å². The van der Waals surface area contributed by atoms with Gasteiger partial charge in [0.25, 0.3) is 5.91 Å². The van der Waals surface area contributed by atoms with Gasteiger partial charge in [-0.05, 0) is 37.3 Å². The van der Waals surface area contributed by atoms with Crippen LogP contribution in [0, 0.1) is 0 Å². The number of carbonyl (C=O) groups excluding carboxylic acids is 3. The zero-order chi connectivity index (χ0) is 22.1. The molecule has 0 aromatic heterocycles. The zero-order valence-corrected chi connectivity index (χ0v) is 17.5. The molecule has 0 bridgehead atoms. The highest BCUT2D eigenvalue weighted by Crippen LogP contribution is 2.30. The first kappa shape index (κ1) is 22.9. The van der Waals surface area contributed by atoms with Crippen LogP contribution in [0.4, 0.5) is 5.69 Å². The van der Waals surface area contributed by atoms with E-state index in [9.17, 15) is 14.4 Å². The summed E-state index contributed by atoms with van der Waals surface area (Å²) in [5.74, 6) is -1.11. The second-order valence-electron chi connectivity index (χ2n) is 6.01. The van der Waals surface area contributed by atoms with E-state index in [1.54, 1.807) is 43.3 Å². The van der Waals surface area contributed by atoms with Gasteiger partial charge in [-0.15, -0.1) is 6.58 Å². The number of esters is 1. The quantitative estimate of drug-likeness (QED) is 0.259. The van der Waals surface area contributed by atoms with Crippen molar-refractivity contribution < 1.29 is 23.9 Å². The summed E-state index contributed by atoms with van der Waals surface area (Å²) < 4.78 is 10.1. The summed E-state index contributed by atoms with van der Waals surface area (Å²) in [5, 5.41) is 0.338. The molecule has 0 atom stereocenters. The van der Waals surface area contributed by atoms with Crippen molar-refractivity contribution in [3.63, 3.8) is 0 Å². The molecule has 7 heteroatoms. The van der Waals surface area contributed by atoms with Gasteiger partial charge in [0.2, 0.25) is 0 Å². The number of ether oxygens (including phenoxy) is 2. The molecule has 1 amide bonds. The van der Waals surface area contributed by atoms with Crippen LogP contribution in [-0.2, 0) is 14.3 Å². The lowest BCUT2D eigenvalue weighted by molar-refractivity contribution is -0.137. The molecule has 0 fully saturated rings. The molecule has 156 valence electrons. The van der Waals surface area contributed by atoms with Crippen molar-refractivity contribution in [3.8, 4) is 5.75 Å². The van der Waals surface area contributed by atoms with E-state index < -0.39 is 11.9 Å². The summed E-state index contributed by atoms with van der Waals surface area (Å²) in [6.45, 7) is 5.65. The van der Waals surface area contributed by atoms with Crippen molar-refractivity contribution in [3.05, 3.63) is 83.4 Å². The number of methoxy groups -OCH3 is 1. The zero-order valence-electron chi connectivity index (χ0n) is 16.8. The van der Waals surface area contributed by atoms with Crippen LogP contribution in [0.1, 0.15) is 22.8 Å². The molecule has 0 unspecified atom stereocenters. The normalized spacial score (nSPS) is 10.5. The van der Waals surface area contributed by atoms with Gasteiger partial charge < -0.3 is 14.4 Å². The molecule has 6 nitrogen and oxygen atoms in total. The number of ketones is 1. The Morgan fingerprint density at radius 3 is 2.50 bits per heavy atom. The van der Waals surface area contributed by atoms with E-state index in [1.165, 1.54) is 24.2 Å². The van der Waals surface area contributed by atoms with Crippen LogP contribution < -0.4 is 9.64 Å². The lowest BCUT2D eigenvalue weighted by atomic mass is 10.00. The molecule has 0 saturated heterocycles. The van der Waals surface area contributed by atoms with Crippen LogP contribution in [0.2, 0.25) is 5.02 Å². The van der Waals surface area contributed by atoms with Crippen LogP contribution in [0.5, 0.6) is 5.75 Å². The van der Waals surface area contributed by atoms with Gasteiger partial charge in [-0.1, -0.05) is 29.8 Å². The van der Waals surface area contributed by atoms with Gasteiger partial charge in [0.15, 0.2) is 5.78 Å². The van der Waals surface area contributed by atoms with Crippen LogP contribution in [0.15, 0.2) is 67.3 Å². The van der Waals surface area contributed by atoms with E-state index >= 15 is 0 Å². The van der Waals surface area contributed by atoms with Crippen molar-refractivity contribution in [2.75, 3.05) is 25.2 Å². The number of carbonyl (C=O) groups is 3. The average molecular weight is 428 g/mol. The Kier molecular flexibility index (Phi) is 8.38. The first-order chi connectivity index (χ1) is 14.4. The Morgan fingerprint density at radius 1 is 1.10 bits per heavy atom. The van der Waals surface area contributed by atoms with Crippen LogP contribution in [-0.4, -0.2) is 37.9 Å². The molecule has 2 aromatic rings. The molecule has 0 spiro atoms. The predicted octanol–water partition coefficient (Wildman–Crippen LogP) is 4.22. The number of nitrogens with zero attached hydrogens (tertiary/aromatic N) is 1. The van der Waals surface area contributed by atoms with Crippen molar-refractivity contribution >= 4 is 34.9 Å². The minimum Gasteiger partial charge on any atom is -0.496 e. The standard InChI is InChI=1S/C23H22ClNO5/c1-4-14-25(21(26)12-13-22(27)30-5-2)19-11-10-16(24)15-18(19)23(28)17-8-6-7-9-20(17)29-3/h4,6-13,15H,1,5,14H2,2-3H3. The summed E-state index contributed by atoms with van der Waals surface area (Å²) in [6.07, 6.45) is 3.65. The molecule has 0 heterocycles. The Morgan fingerprint density at radius 2 is 1.83 bits per heavy atom. The number of halogens is 1. The lowest BCUT2D eigenvalue weighted by Gasteiger charge is -2.23. The molecule has 0 saturated carbocycles. The highest BCUT2D eigenvalue weighted by molar-refractivity contribution is 6.31. The smallest absolute Gasteiger partial charge is 0.330 e. The molecular formula is C23H22ClNO5. The van der Waals surface area contributed by atoms with Crippen LogP contribution >= 0.6 is 11.6 Å². The van der Waals surface area contributed by atoms with Gasteiger partial charge in [-0.3, -0.25) is 9.59 Å². The summed E-state index contributed by atoms with van der Waals surface area (Å²) >= 11 is 6.14. The van der Waals surface area contributed by atoms with Crippen molar-refractivity contribution in [1.82, 2.24) is 0 Å². The predicted molar refractivity (Wildman–Crippen MR) is 116 cm³/mol. The SMILES string of the molecule is C=CCN(C(=O)C=CC(=O)OCC)c1ccc(Cl)cc1C(=O)c1ccccc1OC. The van der Waals surface area contributed by atoms with E-state index in [0.29, 0.717) is 22.0 Å². The summed E-state index contributed by atoms with van der Waals surface area (Å²) in [4.78, 5) is 38.9. The minimum atomic E-state index is -0.633. The van der Waals surface area contributed by atoms with E-state index in [0.717, 1.165) is 12.2 Å². The molecule has 0 aliphatic rings. The molecule has 0 radical (unpaired) electrons. The van der Waals surface area contributed by atoms with Crippen LogP contribution in [0.25, 0.3) is 0 Å². The average Bonchev–Trinajstić information content (AvgIpc) is 2.75. The minimum absolute atomic E-state index is 0.111. The van der Waals surface area contributed by atoms with Crippen molar-refractivity contribution in [1.29, 1.82) is 0 Å². The van der Waals surface area contributed by atoms with E-state index in [1.807, 2.05) is 0 Å². The topological polar surface area (TPSA) is 72.9 Å². The second kappa shape index (κ2) is 11.0. The number of hydrogen-bond donors (Lipinski definition) is 0. The van der Waals surface area contributed by atoms with Gasteiger partial charge in [-0.25, -0.2) is 4.79 Å². The fourth-order valence-electron chi connectivity index (χ4n) is 2.76. The number of para-hydroxylation sites is 1. The lowest BCUT2D eigenvalue weighted by Crippen LogP contribution is -2.31. The van der Waals surface area contributed by atoms with Gasteiger partial charge in [0.05, 0.1) is 25.0 Å². The van der Waals surface area contributed by atoms with Gasteiger partial charge in [0, 0.05) is 29.3 Å². The van der Waals surface area contributed by atoms with E-state index in [4.69, 9.17) is 21.1 Å². The monoisotopic (exact) mass is 427 g/mol. The Balaban J connectivity index is 2.51. The fourth-order valence-corrected chi connectivity index (χ4v) is 2.93. The number of benzene rings is 2. The van der Waals surface area contributed by atoms with Gasteiger partial charge in [0.1, 0.15) is 5.75 Å². The maximum atomic E-state index is 13.3. The Labute approximate surface area is 180 Å². The number of anilines is 1. The first-order valence-corrected chi connectivity index (χ1v) is 9.55. The molecular weight excluding hydrogens is 406 g/mol. The summed E-state index contributed by atoms with van der Waals surface area (Å²) in [7, 11) is 1.47. The Hall–Kier alpha value is -3.38. The van der Waals surface area contributed by atoms with E-state index in [-0.39, 0.29) is 24.5 Å². The first-order valence-electron chi connectivity index (χ1n) is 9.17. The summed E-state index contributed by atoms with van der Waals surface area (Å²) in [5.41, 5.74) is 0.872. The van der Waals surface area contributed by atoms with Crippen molar-refractivity contribution in [2.45, 2.75) is 6.92 Å². The Bertz CT molecular complexity index is 983. The number of rotatable bonds is 9. The molecule has 2 aromatic carbocycles. The second-order valence-corrected chi connectivity index (χ2v) is 6.45. The molecule has 30 heavy (non-hydrogen) atoms. The number of amides is 1. The molecule has 2 rings (SSSR count). The maximum Gasteiger partial charge on any atom is 0.330 e. The molecule has 0 aliphatic heterocycles. The van der Waals surface area contributed by atoms with Gasteiger partial charge >= 0.3 is 5.97 Å². The third-order valence-electron chi connectivity index (χ3n) is 4.07. The molecule has 0 aliphatic carbocycles. The van der Waals surface area contributed by atoms with E-state index in [2.05, 4.69) is 6.58 Å². The largest absolute Gasteiger partial charge is 0.496 e. The summed E-state index contributed by atoms with van der Waals surface area (Å²) in [6, 6.07) is 11.4. The highest BCUT2D eigenvalue weighted by Gasteiger charge is 2.23. The molecule has 0 N–H and O–H groups in total. The third-order valence-corrected chi connectivity index (χ3v) is 4.31. The number of hydrogen-bond acceptors (Lipinski definition) is 5. The highest BCUT2D eigenvalue weighted by atomic mass is 35.5. The van der Waals surface area contributed by atoms with Gasteiger partial charge in [-0.2, -0.15) is 0 Å². The third kappa shape index (κ3) is 5.58. The fraction of sp³-hybridized carbons (Fsp3) is 0.174. The van der Waals surface area contributed by atoms with Crippen LogP contribution in [0.3, 0.4) is 0 Å².